The van der Waals surface area contributed by atoms with E-state index in [2.05, 4.69) is 26.0 Å². The number of nitrogens with one attached hydrogen (secondary N) is 4. The maximum absolute atomic E-state index is 13.3. The molecule has 4 unspecified atom stereocenters. The van der Waals surface area contributed by atoms with Gasteiger partial charge >= 0.3 is 5.97 Å². The summed E-state index contributed by atoms with van der Waals surface area (Å²) in [6, 6.07) is 2.49. The van der Waals surface area contributed by atoms with E-state index in [-0.39, 0.29) is 23.2 Å². The normalized spacial score (nSPS) is 26.1. The molecular weight excluding hydrogens is 528 g/mol. The fourth-order valence-electron chi connectivity index (χ4n) is 4.74. The molecule has 5 bridgehead atoms. The SMILES string of the molecule is CC1NC(=O)C(C(C)C)NC(=O)C(C)(C)C=Cc2ccc3c(=O)[nH]c(nc3c2)C(C)OC(=O)C2CCCN(N2)C1=O. The number of carbonyl (C=O) groups is 4. The molecule has 1 aromatic heterocycles. The lowest BCUT2D eigenvalue weighted by atomic mass is 9.89. The van der Waals surface area contributed by atoms with Gasteiger partial charge in [0, 0.05) is 6.54 Å². The highest BCUT2D eigenvalue weighted by atomic mass is 16.5. The van der Waals surface area contributed by atoms with Crippen LogP contribution < -0.4 is 21.6 Å². The fourth-order valence-corrected chi connectivity index (χ4v) is 4.74. The van der Waals surface area contributed by atoms with Gasteiger partial charge in [0.1, 0.15) is 18.1 Å². The van der Waals surface area contributed by atoms with E-state index in [0.717, 1.165) is 0 Å². The molecule has 0 radical (unpaired) electrons. The number of hydrazine groups is 1. The van der Waals surface area contributed by atoms with E-state index in [9.17, 15) is 24.0 Å². The molecule has 4 atom stereocenters. The Kier molecular flexibility index (Phi) is 8.62. The number of rotatable bonds is 1. The van der Waals surface area contributed by atoms with E-state index >= 15 is 0 Å². The molecule has 0 aliphatic carbocycles. The number of amides is 3. The minimum atomic E-state index is -0.995. The molecule has 3 amide bonds. The third-order valence-electron chi connectivity index (χ3n) is 7.41. The van der Waals surface area contributed by atoms with Gasteiger partial charge in [-0.3, -0.25) is 29.0 Å². The monoisotopic (exact) mass is 566 g/mol. The van der Waals surface area contributed by atoms with Crippen LogP contribution in [0.25, 0.3) is 17.0 Å². The first-order valence-electron chi connectivity index (χ1n) is 13.9. The van der Waals surface area contributed by atoms with Crippen molar-refractivity contribution in [2.45, 2.75) is 78.6 Å². The van der Waals surface area contributed by atoms with E-state index in [1.54, 1.807) is 58.0 Å². The molecule has 4 N–H and O–H groups in total. The number of aromatic nitrogens is 2. The minimum absolute atomic E-state index is 0.183. The van der Waals surface area contributed by atoms with Gasteiger partial charge in [0.25, 0.3) is 11.5 Å². The van der Waals surface area contributed by atoms with E-state index in [4.69, 9.17) is 4.74 Å². The van der Waals surface area contributed by atoms with Crippen molar-refractivity contribution in [3.63, 3.8) is 0 Å². The lowest BCUT2D eigenvalue weighted by Gasteiger charge is -2.35. The fraction of sp³-hybridized carbons (Fsp3) is 0.517. The van der Waals surface area contributed by atoms with Gasteiger partial charge in [0.05, 0.1) is 16.3 Å². The zero-order valence-corrected chi connectivity index (χ0v) is 24.2. The third-order valence-corrected chi connectivity index (χ3v) is 7.41. The summed E-state index contributed by atoms with van der Waals surface area (Å²) in [5.41, 5.74) is 2.65. The highest BCUT2D eigenvalue weighted by Crippen LogP contribution is 2.23. The second kappa shape index (κ2) is 11.8. The lowest BCUT2D eigenvalue weighted by Crippen LogP contribution is -2.61. The summed E-state index contributed by atoms with van der Waals surface area (Å²) in [5, 5.41) is 7.22. The maximum atomic E-state index is 13.3. The number of benzene rings is 1. The summed E-state index contributed by atoms with van der Waals surface area (Å²) >= 11 is 0. The highest BCUT2D eigenvalue weighted by Gasteiger charge is 2.35. The van der Waals surface area contributed by atoms with Crippen molar-refractivity contribution < 1.29 is 23.9 Å². The minimum Gasteiger partial charge on any atom is -0.453 e. The quantitative estimate of drug-likeness (QED) is 0.379. The van der Waals surface area contributed by atoms with Crippen LogP contribution in [0.15, 0.2) is 29.1 Å². The van der Waals surface area contributed by atoms with Gasteiger partial charge in [-0.2, -0.15) is 0 Å². The van der Waals surface area contributed by atoms with Gasteiger partial charge in [0.15, 0.2) is 11.9 Å². The van der Waals surface area contributed by atoms with Crippen molar-refractivity contribution in [2.75, 3.05) is 6.54 Å². The first kappa shape index (κ1) is 29.9. The van der Waals surface area contributed by atoms with Crippen LogP contribution in [0.3, 0.4) is 0 Å². The second-order valence-corrected chi connectivity index (χ2v) is 11.6. The summed E-state index contributed by atoms with van der Waals surface area (Å²) in [4.78, 5) is 72.7. The van der Waals surface area contributed by atoms with Crippen LogP contribution in [0.5, 0.6) is 0 Å². The van der Waals surface area contributed by atoms with Crippen molar-refractivity contribution in [2.24, 2.45) is 11.3 Å². The summed E-state index contributed by atoms with van der Waals surface area (Å²) in [7, 11) is 0. The van der Waals surface area contributed by atoms with Crippen LogP contribution in [-0.2, 0) is 23.9 Å². The Bertz CT molecular complexity index is 1450. The van der Waals surface area contributed by atoms with Crippen molar-refractivity contribution in [3.8, 4) is 0 Å². The zero-order chi connectivity index (χ0) is 30.1. The number of aromatic amines is 1. The molecule has 2 aliphatic heterocycles. The van der Waals surface area contributed by atoms with Crippen molar-refractivity contribution >= 4 is 40.7 Å². The van der Waals surface area contributed by atoms with Gasteiger partial charge in [-0.05, 0) is 64.2 Å². The molecule has 12 heteroatoms. The first-order valence-corrected chi connectivity index (χ1v) is 13.9. The Balaban J connectivity index is 1.74. The summed E-state index contributed by atoms with van der Waals surface area (Å²) in [6.45, 7) is 10.6. The number of nitrogens with zero attached hydrogens (tertiary/aromatic N) is 2. The van der Waals surface area contributed by atoms with E-state index < -0.39 is 47.4 Å². The van der Waals surface area contributed by atoms with E-state index in [1.807, 2.05) is 13.8 Å². The number of esters is 1. The maximum Gasteiger partial charge on any atom is 0.325 e. The molecule has 3 heterocycles. The molecule has 220 valence electrons. The molecule has 2 aromatic rings. The Morgan fingerprint density at radius 1 is 1.07 bits per heavy atom. The molecular formula is C29H38N6O6. The number of hydrogen-bond acceptors (Lipinski definition) is 8. The van der Waals surface area contributed by atoms with Gasteiger partial charge < -0.3 is 20.4 Å². The van der Waals surface area contributed by atoms with Crippen LogP contribution in [0.1, 0.15) is 71.9 Å². The largest absolute Gasteiger partial charge is 0.453 e. The Morgan fingerprint density at radius 2 is 1.80 bits per heavy atom. The number of fused-ring (bicyclic) bond motifs is 4. The van der Waals surface area contributed by atoms with Gasteiger partial charge in [0.2, 0.25) is 11.8 Å². The Morgan fingerprint density at radius 3 is 2.51 bits per heavy atom. The average Bonchev–Trinajstić information content (AvgIpc) is 2.93. The van der Waals surface area contributed by atoms with E-state index in [0.29, 0.717) is 35.9 Å². The lowest BCUT2D eigenvalue weighted by molar-refractivity contribution is -0.157. The summed E-state index contributed by atoms with van der Waals surface area (Å²) < 4.78 is 5.63. The van der Waals surface area contributed by atoms with Crippen LogP contribution in [-0.4, -0.2) is 63.3 Å². The predicted octanol–water partition coefficient (Wildman–Crippen LogP) is 1.72. The number of hydrogen-bond donors (Lipinski definition) is 4. The number of cyclic esters (lactones) is 1. The average molecular weight is 567 g/mol. The topological polar surface area (TPSA) is 163 Å². The van der Waals surface area contributed by atoms with Crippen LogP contribution in [0.2, 0.25) is 0 Å². The van der Waals surface area contributed by atoms with Crippen LogP contribution in [0.4, 0.5) is 0 Å². The number of carbonyl (C=O) groups excluding carboxylic acids is 4. The molecule has 12 nitrogen and oxygen atoms in total. The number of H-pyrrole nitrogens is 1. The predicted molar refractivity (Wildman–Crippen MR) is 152 cm³/mol. The smallest absolute Gasteiger partial charge is 0.325 e. The number of ether oxygens (including phenoxy) is 1. The zero-order valence-electron chi connectivity index (χ0n) is 24.2. The third kappa shape index (κ3) is 6.64. The molecule has 1 saturated heterocycles. The second-order valence-electron chi connectivity index (χ2n) is 11.6. The molecule has 0 spiro atoms. The molecule has 2 aliphatic rings. The summed E-state index contributed by atoms with van der Waals surface area (Å²) in [5.74, 6) is -1.94. The van der Waals surface area contributed by atoms with Crippen LogP contribution in [0, 0.1) is 11.3 Å². The van der Waals surface area contributed by atoms with Gasteiger partial charge in [-0.15, -0.1) is 0 Å². The standard InChI is InChI=1S/C29H38N6O6/c1-15(2)22-25(37)30-16(3)26(38)35-13-7-8-20(34-35)27(39)41-17(4)23-31-21-14-18(9-10-19(21)24(36)33-23)11-12-29(5,6)28(40)32-22/h9-12,14-17,20,22,34H,7-8,13H2,1-6H3,(H,30,37)(H,32,40)(H,31,33,36). The van der Waals surface area contributed by atoms with Crippen molar-refractivity contribution in [3.05, 3.63) is 46.0 Å². The molecule has 41 heavy (non-hydrogen) atoms. The first-order chi connectivity index (χ1) is 19.3. The van der Waals surface area contributed by atoms with E-state index in [1.165, 1.54) is 5.01 Å². The van der Waals surface area contributed by atoms with Crippen LogP contribution >= 0.6 is 0 Å². The molecule has 1 fully saturated rings. The van der Waals surface area contributed by atoms with Gasteiger partial charge in [-0.25, -0.2) is 10.4 Å². The van der Waals surface area contributed by atoms with Crippen molar-refractivity contribution in [1.82, 2.24) is 31.0 Å². The van der Waals surface area contributed by atoms with Gasteiger partial charge in [-0.1, -0.05) is 32.1 Å². The highest BCUT2D eigenvalue weighted by molar-refractivity contribution is 5.94. The summed E-state index contributed by atoms with van der Waals surface area (Å²) in [6.07, 6.45) is 3.57. The Hall–Kier alpha value is -4.06. The molecule has 1 aromatic carbocycles. The molecule has 4 rings (SSSR count). The Labute approximate surface area is 238 Å². The van der Waals surface area contributed by atoms with Crippen molar-refractivity contribution in [1.29, 1.82) is 0 Å². The molecule has 0 saturated carbocycles.